The van der Waals surface area contributed by atoms with E-state index in [0.717, 1.165) is 17.7 Å². The topological polar surface area (TPSA) is 79.2 Å². The maximum absolute atomic E-state index is 13.4. The van der Waals surface area contributed by atoms with Crippen molar-refractivity contribution >= 4 is 40.8 Å². The Balaban J connectivity index is 1.92. The number of hydrogen-bond acceptors (Lipinski definition) is 4. The molecule has 128 valence electrons. The summed E-state index contributed by atoms with van der Waals surface area (Å²) in [5.74, 6) is -2.34. The molecule has 0 saturated carbocycles. The molecule has 1 amide bonds. The number of nitrogens with zero attached hydrogens (tertiary/aromatic N) is 1. The summed E-state index contributed by atoms with van der Waals surface area (Å²) in [6, 6.07) is 10.6. The van der Waals surface area contributed by atoms with Gasteiger partial charge in [-0.15, -0.1) is 0 Å². The number of benzene rings is 2. The summed E-state index contributed by atoms with van der Waals surface area (Å²) in [4.78, 5) is 23.7. The van der Waals surface area contributed by atoms with Crippen LogP contribution in [0.3, 0.4) is 0 Å². The number of hydrogen-bond donors (Lipinski definition) is 1. The molecule has 0 radical (unpaired) electrons. The van der Waals surface area contributed by atoms with Gasteiger partial charge in [0.2, 0.25) is 0 Å². The average Bonchev–Trinajstić information content (AvgIpc) is 2.58. The largest absolute Gasteiger partial charge is 0.452 e. The first-order valence-electron chi connectivity index (χ1n) is 6.98. The molecule has 2 aromatic rings. The minimum Gasteiger partial charge on any atom is -0.452 e. The van der Waals surface area contributed by atoms with Gasteiger partial charge in [-0.25, -0.2) is 9.18 Å². The summed E-state index contributed by atoms with van der Waals surface area (Å²) in [7, 11) is 0. The van der Waals surface area contributed by atoms with Gasteiger partial charge in [0.1, 0.15) is 5.82 Å². The van der Waals surface area contributed by atoms with Crippen LogP contribution >= 0.6 is 23.2 Å². The predicted octanol–water partition coefficient (Wildman–Crippen LogP) is 3.99. The third kappa shape index (κ3) is 5.18. The summed E-state index contributed by atoms with van der Waals surface area (Å²) in [6.45, 7) is -0.570. The second-order valence-electron chi connectivity index (χ2n) is 4.90. The zero-order valence-corrected chi connectivity index (χ0v) is 14.2. The van der Waals surface area contributed by atoms with Crippen molar-refractivity contribution < 1.29 is 18.7 Å². The van der Waals surface area contributed by atoms with E-state index in [0.29, 0.717) is 5.69 Å². The van der Waals surface area contributed by atoms with Crippen molar-refractivity contribution in [1.82, 2.24) is 0 Å². The lowest BCUT2D eigenvalue weighted by Gasteiger charge is -2.08. The summed E-state index contributed by atoms with van der Waals surface area (Å²) >= 11 is 11.4. The van der Waals surface area contributed by atoms with E-state index in [2.05, 4.69) is 5.32 Å². The molecule has 8 heteroatoms. The monoisotopic (exact) mass is 380 g/mol. The second kappa shape index (κ2) is 8.47. The smallest absolute Gasteiger partial charge is 0.340 e. The fraction of sp³-hybridized carbons (Fsp3) is 0.118. The number of carbonyl (C=O) groups is 2. The highest BCUT2D eigenvalue weighted by Gasteiger charge is 2.17. The molecule has 2 aromatic carbocycles. The lowest BCUT2D eigenvalue weighted by atomic mass is 10.1. The lowest BCUT2D eigenvalue weighted by molar-refractivity contribution is -0.119. The Labute approximate surface area is 152 Å². The van der Waals surface area contributed by atoms with Gasteiger partial charge in [0.25, 0.3) is 5.91 Å². The first-order chi connectivity index (χ1) is 11.9. The highest BCUT2D eigenvalue weighted by molar-refractivity contribution is 6.36. The number of carbonyl (C=O) groups excluding carboxylic acids is 2. The number of nitrogens with one attached hydrogen (secondary N) is 1. The van der Waals surface area contributed by atoms with E-state index in [9.17, 15) is 14.0 Å². The first-order valence-corrected chi connectivity index (χ1v) is 7.73. The summed E-state index contributed by atoms with van der Waals surface area (Å²) in [5, 5.41) is 10.8. The first kappa shape index (κ1) is 18.7. The van der Waals surface area contributed by atoms with E-state index in [1.807, 2.05) is 6.07 Å². The fourth-order valence-electron chi connectivity index (χ4n) is 1.88. The number of anilines is 1. The highest BCUT2D eigenvalue weighted by atomic mass is 35.5. The molecule has 0 aliphatic rings. The standard InChI is InChI=1S/C17H11Cl2FN2O3/c18-13-8-14(19)15(20)7-12(13)17(24)25-9-16(23)22-11-3-1-10(2-4-11)5-6-21/h1-4,7-8H,5,9H2,(H,22,23). The molecule has 0 heterocycles. The lowest BCUT2D eigenvalue weighted by Crippen LogP contribution is -2.21. The molecule has 0 aliphatic carbocycles. The molecule has 0 spiro atoms. The molecular formula is C17H11Cl2FN2O3. The molecule has 0 fully saturated rings. The predicted molar refractivity (Wildman–Crippen MR) is 91.1 cm³/mol. The molecule has 25 heavy (non-hydrogen) atoms. The van der Waals surface area contributed by atoms with Crippen molar-refractivity contribution in [3.05, 3.63) is 63.4 Å². The molecule has 5 nitrogen and oxygen atoms in total. The maximum Gasteiger partial charge on any atom is 0.340 e. The second-order valence-corrected chi connectivity index (χ2v) is 5.72. The molecule has 0 aromatic heterocycles. The van der Waals surface area contributed by atoms with Gasteiger partial charge in [-0.3, -0.25) is 4.79 Å². The fourth-order valence-corrected chi connectivity index (χ4v) is 2.34. The van der Waals surface area contributed by atoms with Gasteiger partial charge in [0.15, 0.2) is 6.61 Å². The molecule has 2 rings (SSSR count). The Morgan fingerprint density at radius 3 is 2.48 bits per heavy atom. The van der Waals surface area contributed by atoms with Crippen LogP contribution in [0.1, 0.15) is 15.9 Å². The number of ether oxygens (including phenoxy) is 1. The van der Waals surface area contributed by atoms with Crippen LogP contribution < -0.4 is 5.32 Å². The normalized spacial score (nSPS) is 10.0. The van der Waals surface area contributed by atoms with Crippen LogP contribution in [0, 0.1) is 17.1 Å². The molecule has 0 bridgehead atoms. The minimum atomic E-state index is -0.944. The van der Waals surface area contributed by atoms with Crippen molar-refractivity contribution in [2.75, 3.05) is 11.9 Å². The summed E-state index contributed by atoms with van der Waals surface area (Å²) in [5.41, 5.74) is 1.07. The van der Waals surface area contributed by atoms with E-state index in [4.69, 9.17) is 33.2 Å². The Hall–Kier alpha value is -2.62. The van der Waals surface area contributed by atoms with Gasteiger partial charge in [-0.05, 0) is 29.8 Å². The van der Waals surface area contributed by atoms with E-state index in [-0.39, 0.29) is 22.0 Å². The van der Waals surface area contributed by atoms with Crippen molar-refractivity contribution in [2.24, 2.45) is 0 Å². The van der Waals surface area contributed by atoms with Crippen LogP contribution in [-0.4, -0.2) is 18.5 Å². The van der Waals surface area contributed by atoms with Crippen LogP contribution in [0.15, 0.2) is 36.4 Å². The molecule has 0 aliphatic heterocycles. The van der Waals surface area contributed by atoms with Gasteiger partial charge in [0.05, 0.1) is 28.1 Å². The van der Waals surface area contributed by atoms with Crippen molar-refractivity contribution in [3.8, 4) is 6.07 Å². The summed E-state index contributed by atoms with van der Waals surface area (Å²) < 4.78 is 18.2. The zero-order chi connectivity index (χ0) is 18.4. The van der Waals surface area contributed by atoms with Gasteiger partial charge < -0.3 is 10.1 Å². The Morgan fingerprint density at radius 1 is 1.16 bits per heavy atom. The van der Waals surface area contributed by atoms with E-state index in [1.165, 1.54) is 0 Å². The SMILES string of the molecule is N#CCc1ccc(NC(=O)COC(=O)c2cc(F)c(Cl)cc2Cl)cc1. The summed E-state index contributed by atoms with van der Waals surface area (Å²) in [6.07, 6.45) is 0.268. The van der Waals surface area contributed by atoms with Crippen molar-refractivity contribution in [1.29, 1.82) is 5.26 Å². The highest BCUT2D eigenvalue weighted by Crippen LogP contribution is 2.24. The molecule has 0 saturated heterocycles. The average molecular weight is 381 g/mol. The van der Waals surface area contributed by atoms with Crippen molar-refractivity contribution in [2.45, 2.75) is 6.42 Å². The molecular weight excluding hydrogens is 370 g/mol. The molecule has 1 N–H and O–H groups in total. The van der Waals surface area contributed by atoms with Crippen LogP contribution in [0.25, 0.3) is 0 Å². The Morgan fingerprint density at radius 2 is 1.84 bits per heavy atom. The van der Waals surface area contributed by atoms with E-state index >= 15 is 0 Å². The van der Waals surface area contributed by atoms with Gasteiger partial charge in [0, 0.05) is 5.69 Å². The third-order valence-corrected chi connectivity index (χ3v) is 3.69. The van der Waals surface area contributed by atoms with Gasteiger partial charge >= 0.3 is 5.97 Å². The van der Waals surface area contributed by atoms with Crippen LogP contribution in [-0.2, 0) is 16.0 Å². The van der Waals surface area contributed by atoms with E-state index < -0.39 is 24.3 Å². The Kier molecular flexibility index (Phi) is 6.34. The number of nitriles is 1. The quantitative estimate of drug-likeness (QED) is 0.627. The Bertz CT molecular complexity index is 848. The van der Waals surface area contributed by atoms with Gasteiger partial charge in [-0.1, -0.05) is 35.3 Å². The van der Waals surface area contributed by atoms with Crippen LogP contribution in [0.2, 0.25) is 10.0 Å². The van der Waals surface area contributed by atoms with E-state index in [1.54, 1.807) is 24.3 Å². The van der Waals surface area contributed by atoms with Gasteiger partial charge in [-0.2, -0.15) is 5.26 Å². The number of esters is 1. The third-order valence-electron chi connectivity index (χ3n) is 3.09. The number of halogens is 3. The number of amides is 1. The molecule has 0 unspecified atom stereocenters. The minimum absolute atomic E-state index is 0.0788. The van der Waals surface area contributed by atoms with Crippen LogP contribution in [0.4, 0.5) is 10.1 Å². The number of rotatable bonds is 5. The van der Waals surface area contributed by atoms with Crippen LogP contribution in [0.5, 0.6) is 0 Å². The van der Waals surface area contributed by atoms with Crippen molar-refractivity contribution in [3.63, 3.8) is 0 Å². The zero-order valence-electron chi connectivity index (χ0n) is 12.7. The molecule has 0 atom stereocenters. The maximum atomic E-state index is 13.4.